The van der Waals surface area contributed by atoms with Crippen molar-refractivity contribution in [3.63, 3.8) is 0 Å². The average Bonchev–Trinajstić information content (AvgIpc) is 3.11. The summed E-state index contributed by atoms with van der Waals surface area (Å²) in [4.78, 5) is 12.7. The minimum absolute atomic E-state index is 0.0113. The highest BCUT2D eigenvalue weighted by Gasteiger charge is 2.43. The van der Waals surface area contributed by atoms with Crippen LogP contribution in [0.3, 0.4) is 0 Å². The standard InChI is InChI=1S/C19H17ClN2O4S/c1-19(2,27(24,25)15-10-8-14(20)9-11-15)18(23)21-17-12-16(26-22-17)13-6-4-3-5-7-13/h3-12H,1-2H3,(H,21,22,23). The maximum absolute atomic E-state index is 12.9. The Morgan fingerprint density at radius 1 is 1.07 bits per heavy atom. The van der Waals surface area contributed by atoms with E-state index in [1.165, 1.54) is 44.2 Å². The Morgan fingerprint density at radius 2 is 1.70 bits per heavy atom. The summed E-state index contributed by atoms with van der Waals surface area (Å²) in [7, 11) is -3.95. The van der Waals surface area contributed by atoms with Crippen molar-refractivity contribution in [3.05, 3.63) is 65.7 Å². The third-order valence-electron chi connectivity index (χ3n) is 4.15. The SMILES string of the molecule is CC(C)(C(=O)Nc1cc(-c2ccccc2)on1)S(=O)(=O)c1ccc(Cl)cc1. The highest BCUT2D eigenvalue weighted by Crippen LogP contribution is 2.28. The number of nitrogens with one attached hydrogen (secondary N) is 1. The molecule has 0 fully saturated rings. The Bertz CT molecular complexity index is 1060. The molecule has 140 valence electrons. The normalized spacial score (nSPS) is 12.0. The molecule has 3 aromatic rings. The molecule has 0 bridgehead atoms. The smallest absolute Gasteiger partial charge is 0.246 e. The monoisotopic (exact) mass is 404 g/mol. The van der Waals surface area contributed by atoms with Crippen molar-refractivity contribution in [1.82, 2.24) is 5.16 Å². The maximum atomic E-state index is 12.9. The molecule has 3 rings (SSSR count). The van der Waals surface area contributed by atoms with Crippen LogP contribution in [0.5, 0.6) is 0 Å². The number of anilines is 1. The van der Waals surface area contributed by atoms with Crippen LogP contribution in [-0.2, 0) is 14.6 Å². The van der Waals surface area contributed by atoms with Gasteiger partial charge in [0.1, 0.15) is 4.75 Å². The third kappa shape index (κ3) is 3.74. The van der Waals surface area contributed by atoms with Crippen LogP contribution in [0.15, 0.2) is 70.1 Å². The minimum atomic E-state index is -3.95. The largest absolute Gasteiger partial charge is 0.354 e. The maximum Gasteiger partial charge on any atom is 0.246 e. The molecule has 0 aliphatic heterocycles. The van der Waals surface area contributed by atoms with Crippen LogP contribution in [-0.4, -0.2) is 24.2 Å². The van der Waals surface area contributed by atoms with Crippen molar-refractivity contribution in [3.8, 4) is 11.3 Å². The molecule has 0 aliphatic rings. The van der Waals surface area contributed by atoms with Gasteiger partial charge in [0.15, 0.2) is 21.4 Å². The van der Waals surface area contributed by atoms with E-state index in [4.69, 9.17) is 16.1 Å². The number of aromatic nitrogens is 1. The molecule has 0 saturated carbocycles. The fraction of sp³-hybridized carbons (Fsp3) is 0.158. The number of halogens is 1. The van der Waals surface area contributed by atoms with Crippen molar-refractivity contribution < 1.29 is 17.7 Å². The first-order valence-corrected chi connectivity index (χ1v) is 9.92. The lowest BCUT2D eigenvalue weighted by Crippen LogP contribution is -2.44. The van der Waals surface area contributed by atoms with Gasteiger partial charge < -0.3 is 9.84 Å². The molecular formula is C19H17ClN2O4S. The van der Waals surface area contributed by atoms with Gasteiger partial charge >= 0.3 is 0 Å². The molecule has 0 atom stereocenters. The first-order valence-electron chi connectivity index (χ1n) is 8.05. The van der Waals surface area contributed by atoms with E-state index in [0.717, 1.165) is 5.56 Å². The van der Waals surface area contributed by atoms with Gasteiger partial charge in [0.2, 0.25) is 5.91 Å². The van der Waals surface area contributed by atoms with Crippen molar-refractivity contribution in [2.24, 2.45) is 0 Å². The van der Waals surface area contributed by atoms with Gasteiger partial charge in [-0.1, -0.05) is 47.1 Å². The summed E-state index contributed by atoms with van der Waals surface area (Å²) in [6, 6.07) is 16.4. The summed E-state index contributed by atoms with van der Waals surface area (Å²) in [5, 5.41) is 6.71. The van der Waals surface area contributed by atoms with E-state index in [2.05, 4.69) is 10.5 Å². The first kappa shape index (κ1) is 19.1. The molecule has 0 unspecified atom stereocenters. The second-order valence-electron chi connectivity index (χ2n) is 6.36. The molecule has 0 spiro atoms. The number of hydrogen-bond donors (Lipinski definition) is 1. The number of rotatable bonds is 5. The highest BCUT2D eigenvalue weighted by molar-refractivity contribution is 7.93. The van der Waals surface area contributed by atoms with Gasteiger partial charge in [-0.3, -0.25) is 4.79 Å². The highest BCUT2D eigenvalue weighted by atomic mass is 35.5. The molecular weight excluding hydrogens is 388 g/mol. The Hall–Kier alpha value is -2.64. The number of amides is 1. The van der Waals surface area contributed by atoms with Crippen LogP contribution >= 0.6 is 11.6 Å². The zero-order chi connectivity index (χ0) is 19.7. The van der Waals surface area contributed by atoms with E-state index >= 15 is 0 Å². The van der Waals surface area contributed by atoms with E-state index in [9.17, 15) is 13.2 Å². The summed E-state index contributed by atoms with van der Waals surface area (Å²) < 4.78 is 29.2. The Balaban J connectivity index is 1.82. The number of carbonyl (C=O) groups is 1. The van der Waals surface area contributed by atoms with Gasteiger partial charge in [-0.2, -0.15) is 0 Å². The molecule has 1 amide bonds. The second-order valence-corrected chi connectivity index (χ2v) is 9.30. The summed E-state index contributed by atoms with van der Waals surface area (Å²) >= 11 is 5.81. The van der Waals surface area contributed by atoms with Gasteiger partial charge in [-0.15, -0.1) is 0 Å². The lowest BCUT2D eigenvalue weighted by Gasteiger charge is -2.23. The van der Waals surface area contributed by atoms with E-state index in [-0.39, 0.29) is 10.7 Å². The lowest BCUT2D eigenvalue weighted by atomic mass is 10.2. The summed E-state index contributed by atoms with van der Waals surface area (Å²) in [5.74, 6) is -0.118. The number of sulfone groups is 1. The number of hydrogen-bond acceptors (Lipinski definition) is 5. The minimum Gasteiger partial charge on any atom is -0.354 e. The van der Waals surface area contributed by atoms with Crippen molar-refractivity contribution >= 4 is 33.2 Å². The molecule has 1 N–H and O–H groups in total. The molecule has 0 saturated heterocycles. The van der Waals surface area contributed by atoms with Crippen molar-refractivity contribution in [1.29, 1.82) is 0 Å². The number of benzene rings is 2. The van der Waals surface area contributed by atoms with Crippen molar-refractivity contribution in [2.75, 3.05) is 5.32 Å². The Labute approximate surface area is 162 Å². The zero-order valence-electron chi connectivity index (χ0n) is 14.6. The molecule has 1 heterocycles. The van der Waals surface area contributed by atoms with E-state index in [1.54, 1.807) is 0 Å². The molecule has 2 aromatic carbocycles. The average molecular weight is 405 g/mol. The molecule has 0 radical (unpaired) electrons. The van der Waals surface area contributed by atoms with E-state index < -0.39 is 20.5 Å². The van der Waals surface area contributed by atoms with Crippen LogP contribution in [0, 0.1) is 0 Å². The van der Waals surface area contributed by atoms with Crippen LogP contribution in [0.2, 0.25) is 5.02 Å². The fourth-order valence-electron chi connectivity index (χ4n) is 2.37. The molecule has 27 heavy (non-hydrogen) atoms. The fourth-order valence-corrected chi connectivity index (χ4v) is 3.87. The van der Waals surface area contributed by atoms with Crippen LogP contribution < -0.4 is 5.32 Å². The predicted octanol–water partition coefficient (Wildman–Crippen LogP) is 4.19. The van der Waals surface area contributed by atoms with Crippen LogP contribution in [0.1, 0.15) is 13.8 Å². The van der Waals surface area contributed by atoms with Gasteiger partial charge in [-0.05, 0) is 38.1 Å². The zero-order valence-corrected chi connectivity index (χ0v) is 16.2. The van der Waals surface area contributed by atoms with Crippen LogP contribution in [0.25, 0.3) is 11.3 Å². The van der Waals surface area contributed by atoms with Gasteiger partial charge in [0.05, 0.1) is 4.90 Å². The first-order chi connectivity index (χ1) is 12.7. The van der Waals surface area contributed by atoms with Gasteiger partial charge in [0.25, 0.3) is 0 Å². The quantitative estimate of drug-likeness (QED) is 0.688. The summed E-state index contributed by atoms with van der Waals surface area (Å²) in [5.41, 5.74) is 0.790. The van der Waals surface area contributed by atoms with Crippen LogP contribution in [0.4, 0.5) is 5.82 Å². The molecule has 6 nitrogen and oxygen atoms in total. The van der Waals surface area contributed by atoms with Gasteiger partial charge in [0, 0.05) is 16.7 Å². The lowest BCUT2D eigenvalue weighted by molar-refractivity contribution is -0.117. The number of nitrogens with zero attached hydrogens (tertiary/aromatic N) is 1. The topological polar surface area (TPSA) is 89.3 Å². The predicted molar refractivity (Wildman–Crippen MR) is 103 cm³/mol. The molecule has 0 aliphatic carbocycles. The van der Waals surface area contributed by atoms with E-state index in [0.29, 0.717) is 10.8 Å². The Morgan fingerprint density at radius 3 is 2.33 bits per heavy atom. The molecule has 1 aromatic heterocycles. The third-order valence-corrected chi connectivity index (χ3v) is 6.83. The Kier molecular flexibility index (Phi) is 5.08. The summed E-state index contributed by atoms with van der Waals surface area (Å²) in [6.45, 7) is 2.68. The number of carbonyl (C=O) groups excluding carboxylic acids is 1. The molecule has 8 heteroatoms. The van der Waals surface area contributed by atoms with Gasteiger partial charge in [-0.25, -0.2) is 8.42 Å². The second kappa shape index (κ2) is 7.17. The van der Waals surface area contributed by atoms with E-state index in [1.807, 2.05) is 30.3 Å². The van der Waals surface area contributed by atoms with Crippen molar-refractivity contribution in [2.45, 2.75) is 23.5 Å². The summed E-state index contributed by atoms with van der Waals surface area (Å²) in [6.07, 6.45) is 0.